The third-order valence-electron chi connectivity index (χ3n) is 3.54. The number of carbonyl (C=O) groups excluding carboxylic acids is 1. The topological polar surface area (TPSA) is 44.8 Å². The molecule has 4 nitrogen and oxygen atoms in total. The molecule has 1 aliphatic rings. The van der Waals surface area contributed by atoms with Crippen LogP contribution in [0.15, 0.2) is 66.4 Å². The standard InChI is InChI=1S/C19H16O4/c1-21-15-7-3-5-13(11-15)19(17-9-10-18(20)23-17)14-6-4-8-16(12-14)22-2/h3-12H,1-2H3. The lowest BCUT2D eigenvalue weighted by atomic mass is 9.96. The van der Waals surface area contributed by atoms with Gasteiger partial charge in [0.05, 0.1) is 14.2 Å². The molecular formula is C19H16O4. The Morgan fingerprint density at radius 3 is 1.87 bits per heavy atom. The van der Waals surface area contributed by atoms with Gasteiger partial charge in [-0.05, 0) is 41.5 Å². The van der Waals surface area contributed by atoms with Crippen LogP contribution >= 0.6 is 0 Å². The number of benzene rings is 2. The van der Waals surface area contributed by atoms with Gasteiger partial charge in [0.2, 0.25) is 0 Å². The number of cyclic esters (lactones) is 1. The van der Waals surface area contributed by atoms with Crippen LogP contribution in [0.2, 0.25) is 0 Å². The third kappa shape index (κ3) is 3.11. The Kier molecular flexibility index (Phi) is 4.15. The zero-order valence-corrected chi connectivity index (χ0v) is 12.9. The van der Waals surface area contributed by atoms with Crippen molar-refractivity contribution in [3.63, 3.8) is 0 Å². The van der Waals surface area contributed by atoms with Gasteiger partial charge >= 0.3 is 5.97 Å². The molecule has 3 rings (SSSR count). The fraction of sp³-hybridized carbons (Fsp3) is 0.105. The van der Waals surface area contributed by atoms with Crippen molar-refractivity contribution in [3.05, 3.63) is 77.6 Å². The zero-order chi connectivity index (χ0) is 16.2. The summed E-state index contributed by atoms with van der Waals surface area (Å²) in [5.74, 6) is 1.60. The molecule has 0 saturated heterocycles. The smallest absolute Gasteiger partial charge is 0.336 e. The molecule has 0 amide bonds. The highest BCUT2D eigenvalue weighted by Gasteiger charge is 2.19. The van der Waals surface area contributed by atoms with Crippen molar-refractivity contribution in [1.29, 1.82) is 0 Å². The van der Waals surface area contributed by atoms with Gasteiger partial charge in [-0.1, -0.05) is 24.3 Å². The molecule has 0 N–H and O–H groups in total. The van der Waals surface area contributed by atoms with E-state index in [0.29, 0.717) is 5.76 Å². The predicted octanol–water partition coefficient (Wildman–Crippen LogP) is 3.58. The molecule has 1 heterocycles. The lowest BCUT2D eigenvalue weighted by Gasteiger charge is -2.13. The Labute approximate surface area is 134 Å². The van der Waals surface area contributed by atoms with Crippen molar-refractivity contribution in [2.75, 3.05) is 14.2 Å². The summed E-state index contributed by atoms with van der Waals surface area (Å²) >= 11 is 0. The van der Waals surface area contributed by atoms with Crippen molar-refractivity contribution in [1.82, 2.24) is 0 Å². The third-order valence-corrected chi connectivity index (χ3v) is 3.54. The molecule has 0 saturated carbocycles. The maximum atomic E-state index is 11.5. The average molecular weight is 308 g/mol. The highest BCUT2D eigenvalue weighted by Crippen LogP contribution is 2.33. The first-order valence-electron chi connectivity index (χ1n) is 7.14. The number of hydrogen-bond acceptors (Lipinski definition) is 4. The van der Waals surface area contributed by atoms with Gasteiger partial charge in [-0.3, -0.25) is 0 Å². The van der Waals surface area contributed by atoms with Crippen molar-refractivity contribution in [2.24, 2.45) is 0 Å². The number of hydrogen-bond donors (Lipinski definition) is 0. The van der Waals surface area contributed by atoms with Crippen LogP contribution in [0, 0.1) is 0 Å². The first kappa shape index (κ1) is 14.9. The van der Waals surface area contributed by atoms with E-state index in [2.05, 4.69) is 0 Å². The summed E-state index contributed by atoms with van der Waals surface area (Å²) in [6.07, 6.45) is 3.09. The van der Waals surface area contributed by atoms with Crippen LogP contribution in [-0.2, 0) is 9.53 Å². The van der Waals surface area contributed by atoms with Crippen LogP contribution in [0.1, 0.15) is 11.1 Å². The minimum absolute atomic E-state index is 0.372. The first-order chi connectivity index (χ1) is 11.2. The van der Waals surface area contributed by atoms with Crippen molar-refractivity contribution in [3.8, 4) is 11.5 Å². The van der Waals surface area contributed by atoms with Gasteiger partial charge in [0, 0.05) is 11.6 Å². The maximum Gasteiger partial charge on any atom is 0.336 e. The Bertz CT molecular complexity index is 753. The van der Waals surface area contributed by atoms with E-state index in [1.54, 1.807) is 20.3 Å². The van der Waals surface area contributed by atoms with E-state index in [-0.39, 0.29) is 5.97 Å². The Morgan fingerprint density at radius 2 is 1.43 bits per heavy atom. The van der Waals surface area contributed by atoms with Crippen LogP contribution < -0.4 is 9.47 Å². The predicted molar refractivity (Wildman–Crippen MR) is 87.2 cm³/mol. The number of methoxy groups -OCH3 is 2. The second-order valence-electron chi connectivity index (χ2n) is 4.96. The van der Waals surface area contributed by atoms with Crippen LogP contribution in [0.4, 0.5) is 0 Å². The summed E-state index contributed by atoms with van der Waals surface area (Å²) in [6.45, 7) is 0. The minimum atomic E-state index is -0.372. The average Bonchev–Trinajstić information content (AvgIpc) is 3.01. The molecule has 1 aliphatic heterocycles. The number of allylic oxidation sites excluding steroid dienone is 1. The van der Waals surface area contributed by atoms with E-state index in [9.17, 15) is 4.79 Å². The molecule has 116 valence electrons. The lowest BCUT2D eigenvalue weighted by molar-refractivity contribution is -0.132. The van der Waals surface area contributed by atoms with E-state index in [1.807, 2.05) is 48.5 Å². The number of esters is 1. The Balaban J connectivity index is 2.18. The van der Waals surface area contributed by atoms with Gasteiger partial charge in [-0.25, -0.2) is 4.79 Å². The van der Waals surface area contributed by atoms with Gasteiger partial charge in [-0.2, -0.15) is 0 Å². The fourth-order valence-corrected chi connectivity index (χ4v) is 2.46. The van der Waals surface area contributed by atoms with Crippen molar-refractivity contribution < 1.29 is 19.0 Å². The van der Waals surface area contributed by atoms with Crippen molar-refractivity contribution >= 4 is 11.5 Å². The molecule has 2 aromatic carbocycles. The summed E-state index contributed by atoms with van der Waals surface area (Å²) in [7, 11) is 3.24. The molecule has 0 unspecified atom stereocenters. The van der Waals surface area contributed by atoms with Crippen LogP contribution in [0.25, 0.3) is 5.57 Å². The number of rotatable bonds is 4. The first-order valence-corrected chi connectivity index (χ1v) is 7.14. The SMILES string of the molecule is COc1cccc(C(=C2C=CC(=O)O2)c2cccc(OC)c2)c1. The molecule has 0 aliphatic carbocycles. The van der Waals surface area contributed by atoms with Gasteiger partial charge < -0.3 is 14.2 Å². The van der Waals surface area contributed by atoms with Gasteiger partial charge in [0.25, 0.3) is 0 Å². The molecule has 0 spiro atoms. The van der Waals surface area contributed by atoms with Crippen molar-refractivity contribution in [2.45, 2.75) is 0 Å². The van der Waals surface area contributed by atoms with E-state index < -0.39 is 0 Å². The molecule has 4 heteroatoms. The van der Waals surface area contributed by atoms with Crippen LogP contribution in [-0.4, -0.2) is 20.2 Å². The number of carbonyl (C=O) groups is 1. The summed E-state index contributed by atoms with van der Waals surface area (Å²) in [4.78, 5) is 11.5. The largest absolute Gasteiger partial charge is 0.497 e. The zero-order valence-electron chi connectivity index (χ0n) is 12.9. The van der Waals surface area contributed by atoms with E-state index in [1.165, 1.54) is 6.08 Å². The Morgan fingerprint density at radius 1 is 0.870 bits per heavy atom. The summed E-state index contributed by atoms with van der Waals surface area (Å²) in [5, 5.41) is 0. The monoisotopic (exact) mass is 308 g/mol. The quantitative estimate of drug-likeness (QED) is 0.810. The molecule has 23 heavy (non-hydrogen) atoms. The van der Waals surface area contributed by atoms with Gasteiger partial charge in [0.1, 0.15) is 17.3 Å². The summed E-state index contributed by atoms with van der Waals surface area (Å²) in [5.41, 5.74) is 2.60. The molecule has 0 bridgehead atoms. The normalized spacial score (nSPS) is 13.0. The Hall–Kier alpha value is -3.01. The van der Waals surface area contributed by atoms with Crippen LogP contribution in [0.5, 0.6) is 11.5 Å². The molecular weight excluding hydrogens is 292 g/mol. The highest BCUT2D eigenvalue weighted by atomic mass is 16.5. The second kappa shape index (κ2) is 6.40. The summed E-state index contributed by atoms with van der Waals surface area (Å²) in [6, 6.07) is 15.2. The van der Waals surface area contributed by atoms with Gasteiger partial charge in [0.15, 0.2) is 0 Å². The number of ether oxygens (including phenoxy) is 3. The lowest BCUT2D eigenvalue weighted by Crippen LogP contribution is -1.98. The molecule has 0 radical (unpaired) electrons. The molecule has 0 aromatic heterocycles. The highest BCUT2D eigenvalue weighted by molar-refractivity contribution is 5.92. The second-order valence-corrected chi connectivity index (χ2v) is 4.96. The molecule has 0 atom stereocenters. The van der Waals surface area contributed by atoms with Crippen LogP contribution in [0.3, 0.4) is 0 Å². The van der Waals surface area contributed by atoms with E-state index in [4.69, 9.17) is 14.2 Å². The van der Waals surface area contributed by atoms with E-state index in [0.717, 1.165) is 28.2 Å². The van der Waals surface area contributed by atoms with Gasteiger partial charge in [-0.15, -0.1) is 0 Å². The fourth-order valence-electron chi connectivity index (χ4n) is 2.46. The summed E-state index contributed by atoms with van der Waals surface area (Å²) < 4.78 is 15.9. The minimum Gasteiger partial charge on any atom is -0.497 e. The maximum absolute atomic E-state index is 11.5. The molecule has 0 fully saturated rings. The molecule has 2 aromatic rings. The van der Waals surface area contributed by atoms with E-state index >= 15 is 0 Å².